The van der Waals surface area contributed by atoms with Gasteiger partial charge in [0.1, 0.15) is 0 Å². The minimum atomic E-state index is -4.69. The van der Waals surface area contributed by atoms with Crippen LogP contribution in [0.25, 0.3) is 10.7 Å². The summed E-state index contributed by atoms with van der Waals surface area (Å²) in [6.45, 7) is 4.08. The van der Waals surface area contributed by atoms with E-state index in [1.54, 1.807) is 17.0 Å². The number of halogens is 3. The van der Waals surface area contributed by atoms with Crippen LogP contribution in [0, 0.1) is 12.3 Å². The summed E-state index contributed by atoms with van der Waals surface area (Å²) in [6.07, 6.45) is 0.436. The lowest BCUT2D eigenvalue weighted by molar-refractivity contribution is -0.159. The molecule has 0 spiro atoms. The van der Waals surface area contributed by atoms with Crippen molar-refractivity contribution in [2.24, 2.45) is 0 Å². The number of carbonyl (C=O) groups excluding carboxylic acids is 1. The van der Waals surface area contributed by atoms with Gasteiger partial charge in [-0.3, -0.25) is 0 Å². The van der Waals surface area contributed by atoms with Gasteiger partial charge in [-0.25, -0.2) is 4.79 Å². The first-order valence-electron chi connectivity index (χ1n) is 7.20. The molecule has 0 unspecified atom stereocenters. The van der Waals surface area contributed by atoms with E-state index in [0.717, 1.165) is 4.88 Å². The third kappa shape index (κ3) is 4.73. The summed E-state index contributed by atoms with van der Waals surface area (Å²) in [5.74, 6) is 0.786. The highest BCUT2D eigenvalue weighted by Gasteiger charge is 2.38. The molecule has 134 valence electrons. The third-order valence-electron chi connectivity index (χ3n) is 3.10. The predicted molar refractivity (Wildman–Crippen MR) is 85.5 cm³/mol. The van der Waals surface area contributed by atoms with E-state index in [0.29, 0.717) is 4.88 Å². The monoisotopic (exact) mass is 372 g/mol. The van der Waals surface area contributed by atoms with Gasteiger partial charge in [-0.15, -0.1) is 17.8 Å². The van der Waals surface area contributed by atoms with Gasteiger partial charge >= 0.3 is 18.1 Å². The normalized spacial score (nSPS) is 11.4. The highest BCUT2D eigenvalue weighted by Crippen LogP contribution is 2.32. The molecule has 0 atom stereocenters. The SMILES string of the molecule is C#CCNC(=O)N(Cc1ccc(-c2noc(C(F)(F)F)n2)s1)C(C)C. The van der Waals surface area contributed by atoms with Crippen molar-refractivity contribution in [1.82, 2.24) is 20.4 Å². The molecule has 0 radical (unpaired) electrons. The van der Waals surface area contributed by atoms with Crippen LogP contribution in [-0.2, 0) is 12.7 Å². The molecule has 0 aromatic carbocycles. The molecule has 0 fully saturated rings. The lowest BCUT2D eigenvalue weighted by Gasteiger charge is -2.26. The van der Waals surface area contributed by atoms with Crippen molar-refractivity contribution in [3.05, 3.63) is 22.9 Å². The Labute approximate surface area is 146 Å². The molecule has 25 heavy (non-hydrogen) atoms. The maximum atomic E-state index is 12.5. The van der Waals surface area contributed by atoms with Crippen molar-refractivity contribution >= 4 is 17.4 Å². The maximum Gasteiger partial charge on any atom is 0.471 e. The fraction of sp³-hybridized carbons (Fsp3) is 0.400. The van der Waals surface area contributed by atoms with Gasteiger partial charge in [0.15, 0.2) is 0 Å². The average Bonchev–Trinajstić information content (AvgIpc) is 3.17. The van der Waals surface area contributed by atoms with Crippen molar-refractivity contribution in [3.8, 4) is 23.0 Å². The fourth-order valence-corrected chi connectivity index (χ4v) is 2.84. The highest BCUT2D eigenvalue weighted by atomic mass is 32.1. The van der Waals surface area contributed by atoms with Gasteiger partial charge < -0.3 is 14.7 Å². The summed E-state index contributed by atoms with van der Waals surface area (Å²) in [5.41, 5.74) is 0. The van der Waals surface area contributed by atoms with Crippen molar-refractivity contribution in [1.29, 1.82) is 0 Å². The second kappa shape index (κ2) is 7.57. The van der Waals surface area contributed by atoms with E-state index in [9.17, 15) is 18.0 Å². The van der Waals surface area contributed by atoms with E-state index >= 15 is 0 Å². The fourth-order valence-electron chi connectivity index (χ4n) is 1.91. The van der Waals surface area contributed by atoms with Crippen molar-refractivity contribution in [2.75, 3.05) is 6.54 Å². The lowest BCUT2D eigenvalue weighted by atomic mass is 10.3. The lowest BCUT2D eigenvalue weighted by Crippen LogP contribution is -2.43. The molecule has 0 aliphatic heterocycles. The third-order valence-corrected chi connectivity index (χ3v) is 4.17. The summed E-state index contributed by atoms with van der Waals surface area (Å²) in [5, 5.41) is 5.93. The molecular formula is C15H15F3N4O2S. The van der Waals surface area contributed by atoms with Crippen LogP contribution >= 0.6 is 11.3 Å². The molecule has 2 heterocycles. The average molecular weight is 372 g/mol. The molecule has 0 saturated carbocycles. The highest BCUT2D eigenvalue weighted by molar-refractivity contribution is 7.15. The Bertz CT molecular complexity index is 776. The number of amides is 2. The van der Waals surface area contributed by atoms with Crippen LogP contribution in [0.4, 0.5) is 18.0 Å². The number of carbonyl (C=O) groups is 1. The summed E-state index contributed by atoms with van der Waals surface area (Å²) >= 11 is 1.18. The molecule has 6 nitrogen and oxygen atoms in total. The molecule has 0 aliphatic carbocycles. The number of urea groups is 1. The summed E-state index contributed by atoms with van der Waals surface area (Å²) < 4.78 is 41.8. The van der Waals surface area contributed by atoms with E-state index in [-0.39, 0.29) is 31.0 Å². The van der Waals surface area contributed by atoms with Crippen LogP contribution in [0.1, 0.15) is 24.6 Å². The minimum Gasteiger partial charge on any atom is -0.329 e. The summed E-state index contributed by atoms with van der Waals surface area (Å²) in [7, 11) is 0. The van der Waals surface area contributed by atoms with Crippen LogP contribution in [-0.4, -0.2) is 33.7 Å². The summed E-state index contributed by atoms with van der Waals surface area (Å²) in [6, 6.07) is 2.88. The molecular weight excluding hydrogens is 357 g/mol. The molecule has 10 heteroatoms. The van der Waals surface area contributed by atoms with E-state index in [4.69, 9.17) is 6.42 Å². The van der Waals surface area contributed by atoms with Crippen LogP contribution in [0.15, 0.2) is 16.7 Å². The van der Waals surface area contributed by atoms with Crippen LogP contribution < -0.4 is 5.32 Å². The molecule has 1 N–H and O–H groups in total. The van der Waals surface area contributed by atoms with Crippen LogP contribution in [0.5, 0.6) is 0 Å². The molecule has 2 aromatic heterocycles. The Balaban J connectivity index is 2.13. The van der Waals surface area contributed by atoms with Gasteiger partial charge in [-0.1, -0.05) is 11.1 Å². The Morgan fingerprint density at radius 3 is 2.76 bits per heavy atom. The van der Waals surface area contributed by atoms with Gasteiger partial charge in [0, 0.05) is 10.9 Å². The zero-order valence-electron chi connectivity index (χ0n) is 13.4. The van der Waals surface area contributed by atoms with Crippen LogP contribution in [0.3, 0.4) is 0 Å². The molecule has 0 saturated heterocycles. The Hall–Kier alpha value is -2.54. The molecule has 0 aliphatic rings. The van der Waals surface area contributed by atoms with Crippen molar-refractivity contribution in [3.63, 3.8) is 0 Å². The standard InChI is InChI=1S/C15H15F3N4O2S/c1-4-7-19-14(23)22(9(2)3)8-10-5-6-11(25-10)12-20-13(24-21-12)15(16,17)18/h1,5-6,9H,7-8H2,2-3H3,(H,19,23). The number of alkyl halides is 3. The number of hydrogen-bond acceptors (Lipinski definition) is 5. The van der Waals surface area contributed by atoms with E-state index in [1.807, 2.05) is 13.8 Å². The van der Waals surface area contributed by atoms with Gasteiger partial charge in [-0.2, -0.15) is 18.2 Å². The second-order valence-electron chi connectivity index (χ2n) is 5.27. The zero-order chi connectivity index (χ0) is 18.6. The van der Waals surface area contributed by atoms with Gasteiger partial charge in [0.05, 0.1) is 18.0 Å². The molecule has 0 bridgehead atoms. The Morgan fingerprint density at radius 2 is 2.20 bits per heavy atom. The number of aromatic nitrogens is 2. The Kier molecular flexibility index (Phi) is 5.69. The van der Waals surface area contributed by atoms with Crippen LogP contribution in [0.2, 0.25) is 0 Å². The Morgan fingerprint density at radius 1 is 1.48 bits per heavy atom. The first kappa shape index (κ1) is 18.8. The molecule has 2 aromatic rings. The minimum absolute atomic E-state index is 0.0923. The quantitative estimate of drug-likeness (QED) is 0.817. The topological polar surface area (TPSA) is 71.3 Å². The van der Waals surface area contributed by atoms with E-state index in [2.05, 4.69) is 25.9 Å². The number of nitrogens with zero attached hydrogens (tertiary/aromatic N) is 3. The van der Waals surface area contributed by atoms with Crippen molar-refractivity contribution in [2.45, 2.75) is 32.6 Å². The maximum absolute atomic E-state index is 12.5. The number of rotatable bonds is 5. The van der Waals surface area contributed by atoms with Gasteiger partial charge in [0.25, 0.3) is 0 Å². The molecule has 2 rings (SSSR count). The largest absolute Gasteiger partial charge is 0.471 e. The number of hydrogen-bond donors (Lipinski definition) is 1. The van der Waals surface area contributed by atoms with Gasteiger partial charge in [-0.05, 0) is 26.0 Å². The zero-order valence-corrected chi connectivity index (χ0v) is 14.2. The number of nitrogens with one attached hydrogen (secondary N) is 1. The first-order chi connectivity index (χ1) is 11.7. The van der Waals surface area contributed by atoms with E-state index in [1.165, 1.54) is 11.3 Å². The summed E-state index contributed by atoms with van der Waals surface area (Å²) in [4.78, 5) is 18.2. The molecule has 2 amide bonds. The van der Waals surface area contributed by atoms with E-state index < -0.39 is 12.1 Å². The second-order valence-corrected chi connectivity index (χ2v) is 6.44. The first-order valence-corrected chi connectivity index (χ1v) is 8.02. The number of thiophene rings is 1. The van der Waals surface area contributed by atoms with Crippen molar-refractivity contribution < 1.29 is 22.5 Å². The van der Waals surface area contributed by atoms with Gasteiger partial charge in [0.2, 0.25) is 5.82 Å². The smallest absolute Gasteiger partial charge is 0.329 e. The predicted octanol–water partition coefficient (Wildman–Crippen LogP) is 3.37. The number of terminal acetylenes is 1.